The van der Waals surface area contributed by atoms with Crippen molar-refractivity contribution in [3.05, 3.63) is 18.2 Å². The fourth-order valence-corrected chi connectivity index (χ4v) is 4.33. The lowest BCUT2D eigenvalue weighted by Crippen LogP contribution is -2.38. The van der Waals surface area contributed by atoms with Gasteiger partial charge in [-0.1, -0.05) is 12.8 Å². The van der Waals surface area contributed by atoms with E-state index in [2.05, 4.69) is 10.6 Å². The molecule has 1 spiro atoms. The fourth-order valence-electron chi connectivity index (χ4n) is 4.33. The summed E-state index contributed by atoms with van der Waals surface area (Å²) in [6.07, 6.45) is 4.25. The van der Waals surface area contributed by atoms with E-state index < -0.39 is 0 Å². The molecule has 26 heavy (non-hydrogen) atoms. The van der Waals surface area contributed by atoms with Crippen LogP contribution >= 0.6 is 0 Å². The number of rotatable bonds is 4. The first-order valence-electron chi connectivity index (χ1n) is 9.02. The Balaban J connectivity index is 1.75. The van der Waals surface area contributed by atoms with Gasteiger partial charge < -0.3 is 25.0 Å². The summed E-state index contributed by atoms with van der Waals surface area (Å²) in [5.74, 6) is 1.11. The van der Waals surface area contributed by atoms with Gasteiger partial charge in [0.25, 0.3) is 0 Å². The van der Waals surface area contributed by atoms with Crippen LogP contribution in [0.1, 0.15) is 25.7 Å². The smallest absolute Gasteiger partial charge is 0.321 e. The Hall–Kier alpha value is -2.44. The average Bonchev–Trinajstić information content (AvgIpc) is 3.28. The summed E-state index contributed by atoms with van der Waals surface area (Å²) >= 11 is 0. The van der Waals surface area contributed by atoms with Gasteiger partial charge in [-0.15, -0.1) is 0 Å². The van der Waals surface area contributed by atoms with Crippen LogP contribution in [0.15, 0.2) is 18.2 Å². The van der Waals surface area contributed by atoms with E-state index in [1.165, 1.54) is 0 Å². The summed E-state index contributed by atoms with van der Waals surface area (Å²) in [6.45, 7) is 1.07. The van der Waals surface area contributed by atoms with E-state index in [9.17, 15) is 9.59 Å². The van der Waals surface area contributed by atoms with Gasteiger partial charge in [0.2, 0.25) is 5.91 Å². The van der Waals surface area contributed by atoms with Crippen molar-refractivity contribution < 1.29 is 19.1 Å². The molecule has 142 valence electrons. The predicted octanol–water partition coefficient (Wildman–Crippen LogP) is 2.47. The van der Waals surface area contributed by atoms with Gasteiger partial charge in [0, 0.05) is 49.4 Å². The summed E-state index contributed by atoms with van der Waals surface area (Å²) in [6, 6.07) is 5.05. The number of ether oxygens (including phenoxy) is 2. The second-order valence-corrected chi connectivity index (χ2v) is 7.15. The van der Waals surface area contributed by atoms with Crippen molar-refractivity contribution in [1.29, 1.82) is 0 Å². The molecule has 0 unspecified atom stereocenters. The van der Waals surface area contributed by atoms with Crippen LogP contribution in [0.4, 0.5) is 10.5 Å². The summed E-state index contributed by atoms with van der Waals surface area (Å²) in [4.78, 5) is 26.9. The molecule has 7 nitrogen and oxygen atoms in total. The average molecular weight is 361 g/mol. The van der Waals surface area contributed by atoms with Gasteiger partial charge in [0.1, 0.15) is 11.5 Å². The van der Waals surface area contributed by atoms with E-state index in [1.807, 2.05) is 0 Å². The molecule has 1 saturated carbocycles. The third-order valence-corrected chi connectivity index (χ3v) is 5.70. The van der Waals surface area contributed by atoms with Crippen molar-refractivity contribution in [1.82, 2.24) is 10.2 Å². The molecule has 1 heterocycles. The zero-order chi connectivity index (χ0) is 18.7. The number of carbonyl (C=O) groups is 2. The van der Waals surface area contributed by atoms with Gasteiger partial charge in [-0.25, -0.2) is 4.79 Å². The Bertz CT molecular complexity index is 663. The van der Waals surface area contributed by atoms with E-state index >= 15 is 0 Å². The SMILES string of the molecule is CNC(=O)[C@H]1CN(C(=O)Nc2cc(OC)cc(OC)c2)CC12CCCC2. The van der Waals surface area contributed by atoms with Gasteiger partial charge in [-0.2, -0.15) is 0 Å². The fraction of sp³-hybridized carbons (Fsp3) is 0.579. The summed E-state index contributed by atoms with van der Waals surface area (Å²) < 4.78 is 10.5. The maximum Gasteiger partial charge on any atom is 0.321 e. The van der Waals surface area contributed by atoms with E-state index in [0.717, 1.165) is 25.7 Å². The topological polar surface area (TPSA) is 79.9 Å². The number of likely N-dealkylation sites (tertiary alicyclic amines) is 1. The molecule has 2 N–H and O–H groups in total. The number of hydrogen-bond acceptors (Lipinski definition) is 4. The molecule has 1 aliphatic heterocycles. The third kappa shape index (κ3) is 3.43. The first-order valence-corrected chi connectivity index (χ1v) is 9.02. The second kappa shape index (κ2) is 7.43. The number of nitrogens with zero attached hydrogens (tertiary/aromatic N) is 1. The van der Waals surface area contributed by atoms with Crippen LogP contribution in [0.3, 0.4) is 0 Å². The normalized spacial score (nSPS) is 20.9. The van der Waals surface area contributed by atoms with Crippen molar-refractivity contribution in [3.8, 4) is 11.5 Å². The molecule has 0 bridgehead atoms. The Labute approximate surface area is 154 Å². The van der Waals surface area contributed by atoms with Crippen molar-refractivity contribution in [2.24, 2.45) is 11.3 Å². The maximum atomic E-state index is 12.8. The van der Waals surface area contributed by atoms with Crippen LogP contribution < -0.4 is 20.1 Å². The summed E-state index contributed by atoms with van der Waals surface area (Å²) in [5, 5.41) is 5.68. The minimum atomic E-state index is -0.196. The largest absolute Gasteiger partial charge is 0.497 e. The van der Waals surface area contributed by atoms with Gasteiger partial charge >= 0.3 is 6.03 Å². The first kappa shape index (κ1) is 18.4. The highest BCUT2D eigenvalue weighted by Gasteiger charge is 2.52. The Morgan fingerprint density at radius 2 is 1.73 bits per heavy atom. The van der Waals surface area contributed by atoms with Crippen LogP contribution in [0.5, 0.6) is 11.5 Å². The molecule has 1 aliphatic carbocycles. The zero-order valence-corrected chi connectivity index (χ0v) is 15.6. The molecule has 0 aromatic heterocycles. The molecule has 3 rings (SSSR count). The Kier molecular flexibility index (Phi) is 5.25. The lowest BCUT2D eigenvalue weighted by atomic mass is 9.76. The molecule has 0 radical (unpaired) electrons. The van der Waals surface area contributed by atoms with Crippen LogP contribution in [-0.4, -0.2) is 51.2 Å². The van der Waals surface area contributed by atoms with Crippen molar-refractivity contribution in [2.45, 2.75) is 25.7 Å². The van der Waals surface area contributed by atoms with Crippen molar-refractivity contribution in [3.63, 3.8) is 0 Å². The lowest BCUT2D eigenvalue weighted by Gasteiger charge is -2.28. The minimum absolute atomic E-state index is 0.0326. The maximum absolute atomic E-state index is 12.8. The lowest BCUT2D eigenvalue weighted by molar-refractivity contribution is -0.127. The van der Waals surface area contributed by atoms with Gasteiger partial charge in [0.15, 0.2) is 0 Å². The molecule has 2 fully saturated rings. The van der Waals surface area contributed by atoms with Crippen LogP contribution in [0.25, 0.3) is 0 Å². The van der Waals surface area contributed by atoms with Crippen molar-refractivity contribution >= 4 is 17.6 Å². The molecular formula is C19H27N3O4. The number of amides is 3. The summed E-state index contributed by atoms with van der Waals surface area (Å²) in [5.41, 5.74) is 0.527. The van der Waals surface area contributed by atoms with Crippen LogP contribution in [0.2, 0.25) is 0 Å². The quantitative estimate of drug-likeness (QED) is 0.863. The van der Waals surface area contributed by atoms with Crippen molar-refractivity contribution in [2.75, 3.05) is 39.7 Å². The predicted molar refractivity (Wildman–Crippen MR) is 98.6 cm³/mol. The third-order valence-electron chi connectivity index (χ3n) is 5.70. The number of nitrogens with one attached hydrogen (secondary N) is 2. The number of anilines is 1. The molecular weight excluding hydrogens is 334 g/mol. The second-order valence-electron chi connectivity index (χ2n) is 7.15. The first-order chi connectivity index (χ1) is 12.5. The van der Waals surface area contributed by atoms with Gasteiger partial charge in [-0.3, -0.25) is 4.79 Å². The Morgan fingerprint density at radius 1 is 1.12 bits per heavy atom. The summed E-state index contributed by atoms with van der Waals surface area (Å²) in [7, 11) is 4.80. The highest BCUT2D eigenvalue weighted by Crippen LogP contribution is 2.49. The van der Waals surface area contributed by atoms with E-state index in [0.29, 0.717) is 30.3 Å². The molecule has 2 aliphatic rings. The molecule has 1 saturated heterocycles. The molecule has 1 aromatic rings. The molecule has 3 amide bonds. The number of urea groups is 1. The minimum Gasteiger partial charge on any atom is -0.497 e. The number of hydrogen-bond donors (Lipinski definition) is 2. The molecule has 1 atom stereocenters. The van der Waals surface area contributed by atoms with E-state index in [-0.39, 0.29) is 23.3 Å². The van der Waals surface area contributed by atoms with Gasteiger partial charge in [0.05, 0.1) is 20.1 Å². The van der Waals surface area contributed by atoms with E-state index in [1.54, 1.807) is 44.4 Å². The number of methoxy groups -OCH3 is 2. The number of benzene rings is 1. The highest BCUT2D eigenvalue weighted by molar-refractivity contribution is 5.91. The van der Waals surface area contributed by atoms with E-state index in [4.69, 9.17) is 9.47 Å². The number of carbonyl (C=O) groups excluding carboxylic acids is 2. The monoisotopic (exact) mass is 361 g/mol. The standard InChI is InChI=1S/C19H27N3O4/c1-20-17(23)16-11-22(12-19(16)6-4-5-7-19)18(24)21-13-8-14(25-2)10-15(9-13)26-3/h8-10,16H,4-7,11-12H2,1-3H3,(H,20,23)(H,21,24)/t16-/m1/s1. The molecule has 7 heteroatoms. The van der Waals surface area contributed by atoms with Crippen LogP contribution in [0, 0.1) is 11.3 Å². The molecule has 1 aromatic carbocycles. The zero-order valence-electron chi connectivity index (χ0n) is 15.6. The Morgan fingerprint density at radius 3 is 2.27 bits per heavy atom. The highest BCUT2D eigenvalue weighted by atomic mass is 16.5. The van der Waals surface area contributed by atoms with Gasteiger partial charge in [-0.05, 0) is 12.8 Å². The van der Waals surface area contributed by atoms with Crippen LogP contribution in [-0.2, 0) is 4.79 Å².